The SMILES string of the molecule is CS(=O)(=O)N(c1cc(OC(F)(F)F)ccc1C(=O)[O-])S(C)(=O)=O. The summed E-state index contributed by atoms with van der Waals surface area (Å²) in [5.74, 6) is -2.99. The Labute approximate surface area is 129 Å². The van der Waals surface area contributed by atoms with Crippen molar-refractivity contribution in [3.05, 3.63) is 23.8 Å². The third kappa shape index (κ3) is 4.99. The van der Waals surface area contributed by atoms with Crippen LogP contribution in [0.4, 0.5) is 18.9 Å². The summed E-state index contributed by atoms with van der Waals surface area (Å²) >= 11 is 0. The number of sulfonamides is 2. The van der Waals surface area contributed by atoms with Crippen molar-refractivity contribution in [2.75, 3.05) is 16.2 Å². The monoisotopic (exact) mass is 376 g/mol. The third-order valence-electron chi connectivity index (χ3n) is 2.22. The molecule has 0 amide bonds. The molecular formula is C10H9F3NO7S2-. The van der Waals surface area contributed by atoms with E-state index in [-0.39, 0.29) is 3.71 Å². The van der Waals surface area contributed by atoms with Gasteiger partial charge in [0.1, 0.15) is 5.75 Å². The minimum absolute atomic E-state index is 0.320. The molecule has 0 aliphatic carbocycles. The largest absolute Gasteiger partial charge is 0.573 e. The summed E-state index contributed by atoms with van der Waals surface area (Å²) in [6.07, 6.45) is -4.28. The second-order valence-corrected chi connectivity index (χ2v) is 8.13. The van der Waals surface area contributed by atoms with Crippen LogP contribution in [0.2, 0.25) is 0 Å². The average molecular weight is 376 g/mol. The molecule has 0 N–H and O–H groups in total. The van der Waals surface area contributed by atoms with E-state index in [0.29, 0.717) is 30.7 Å². The van der Waals surface area contributed by atoms with Crippen molar-refractivity contribution in [3.8, 4) is 5.75 Å². The summed E-state index contributed by atoms with van der Waals surface area (Å²) in [4.78, 5) is 11.0. The highest BCUT2D eigenvalue weighted by Crippen LogP contribution is 2.32. The van der Waals surface area contributed by atoms with E-state index in [2.05, 4.69) is 4.74 Å². The van der Waals surface area contributed by atoms with E-state index in [1.165, 1.54) is 0 Å². The van der Waals surface area contributed by atoms with E-state index in [1.54, 1.807) is 0 Å². The molecule has 0 aliphatic rings. The summed E-state index contributed by atoms with van der Waals surface area (Å²) in [5, 5.41) is 11.0. The summed E-state index contributed by atoms with van der Waals surface area (Å²) in [7, 11) is -9.15. The maximum atomic E-state index is 12.2. The molecule has 1 aromatic rings. The number of rotatable bonds is 5. The molecule has 0 aromatic heterocycles. The van der Waals surface area contributed by atoms with Crippen molar-refractivity contribution in [2.24, 2.45) is 0 Å². The van der Waals surface area contributed by atoms with Crippen LogP contribution in [0.3, 0.4) is 0 Å². The van der Waals surface area contributed by atoms with Gasteiger partial charge in [-0.05, 0) is 12.1 Å². The first-order valence-electron chi connectivity index (χ1n) is 5.44. The maximum Gasteiger partial charge on any atom is 0.573 e. The molecule has 23 heavy (non-hydrogen) atoms. The molecule has 0 saturated carbocycles. The van der Waals surface area contributed by atoms with Gasteiger partial charge in [0.05, 0.1) is 24.2 Å². The van der Waals surface area contributed by atoms with Crippen molar-refractivity contribution in [2.45, 2.75) is 6.36 Å². The van der Waals surface area contributed by atoms with Crippen LogP contribution in [0.5, 0.6) is 5.75 Å². The number of hydrogen-bond acceptors (Lipinski definition) is 7. The molecule has 130 valence electrons. The number of anilines is 1. The molecule has 0 fully saturated rings. The van der Waals surface area contributed by atoms with Crippen LogP contribution in [0.15, 0.2) is 18.2 Å². The van der Waals surface area contributed by atoms with Gasteiger partial charge in [0.15, 0.2) is 0 Å². The number of aromatic carboxylic acids is 1. The first-order chi connectivity index (χ1) is 10.1. The second kappa shape index (κ2) is 5.88. The molecule has 0 spiro atoms. The van der Waals surface area contributed by atoms with Gasteiger partial charge in [0, 0.05) is 11.6 Å². The highest BCUT2D eigenvalue weighted by molar-refractivity contribution is 8.09. The minimum Gasteiger partial charge on any atom is -0.545 e. The minimum atomic E-state index is -5.15. The number of alkyl halides is 3. The third-order valence-corrected chi connectivity index (χ3v) is 5.44. The number of carbonyl (C=O) groups excluding carboxylic acids is 1. The average Bonchev–Trinajstić information content (AvgIpc) is 2.21. The number of halogens is 3. The highest BCUT2D eigenvalue weighted by atomic mass is 32.3. The van der Waals surface area contributed by atoms with Crippen LogP contribution < -0.4 is 13.6 Å². The second-order valence-electron chi connectivity index (χ2n) is 4.24. The van der Waals surface area contributed by atoms with Crippen molar-refractivity contribution >= 4 is 31.7 Å². The van der Waals surface area contributed by atoms with Crippen LogP contribution in [0.25, 0.3) is 0 Å². The highest BCUT2D eigenvalue weighted by Gasteiger charge is 2.34. The van der Waals surface area contributed by atoms with Gasteiger partial charge in [-0.3, -0.25) is 0 Å². The quantitative estimate of drug-likeness (QED) is 0.690. The molecule has 0 unspecified atom stereocenters. The Morgan fingerprint density at radius 3 is 1.96 bits per heavy atom. The number of nitrogens with zero attached hydrogens (tertiary/aromatic N) is 1. The standard InChI is InChI=1S/C10H10F3NO7S2/c1-22(17,18)14(23(2,19)20)8-5-6(21-10(11,12)13)3-4-7(8)9(15)16/h3-5H,1-2H3,(H,15,16)/p-1. The van der Waals surface area contributed by atoms with E-state index in [0.717, 1.165) is 0 Å². The normalized spacial score (nSPS) is 12.7. The number of ether oxygens (including phenoxy) is 1. The lowest BCUT2D eigenvalue weighted by Crippen LogP contribution is -2.37. The van der Waals surface area contributed by atoms with Gasteiger partial charge in [0.25, 0.3) is 0 Å². The molecule has 13 heteroatoms. The molecule has 0 saturated heterocycles. The van der Waals surface area contributed by atoms with Crippen molar-refractivity contribution < 1.29 is 44.6 Å². The Morgan fingerprint density at radius 1 is 1.13 bits per heavy atom. The number of carbonyl (C=O) groups is 1. The van der Waals surface area contributed by atoms with Crippen molar-refractivity contribution in [1.29, 1.82) is 0 Å². The van der Waals surface area contributed by atoms with Crippen LogP contribution in [-0.2, 0) is 20.0 Å². The Hall–Kier alpha value is -2.02. The molecule has 0 radical (unpaired) electrons. The van der Waals surface area contributed by atoms with Gasteiger partial charge in [-0.2, -0.15) is 3.71 Å². The molecule has 0 atom stereocenters. The number of benzene rings is 1. The van der Waals surface area contributed by atoms with E-state index < -0.39 is 49.4 Å². The van der Waals surface area contributed by atoms with Crippen LogP contribution >= 0.6 is 0 Å². The van der Waals surface area contributed by atoms with Crippen molar-refractivity contribution in [3.63, 3.8) is 0 Å². The predicted molar refractivity (Wildman–Crippen MR) is 69.6 cm³/mol. The van der Waals surface area contributed by atoms with Gasteiger partial charge in [-0.15, -0.1) is 13.2 Å². The Kier molecular flexibility index (Phi) is 4.87. The number of hydrogen-bond donors (Lipinski definition) is 0. The zero-order chi connectivity index (χ0) is 18.2. The first kappa shape index (κ1) is 19.0. The lowest BCUT2D eigenvalue weighted by atomic mass is 10.2. The Bertz CT molecular complexity index is 799. The zero-order valence-corrected chi connectivity index (χ0v) is 13.1. The predicted octanol–water partition coefficient (Wildman–Crippen LogP) is -0.326. The summed E-state index contributed by atoms with van der Waals surface area (Å²) < 4.78 is 86.3. The lowest BCUT2D eigenvalue weighted by molar-refractivity contribution is -0.274. The van der Waals surface area contributed by atoms with Crippen molar-refractivity contribution in [1.82, 2.24) is 0 Å². The van der Waals surface area contributed by atoms with E-state index in [1.807, 2.05) is 0 Å². The molecule has 8 nitrogen and oxygen atoms in total. The lowest BCUT2D eigenvalue weighted by Gasteiger charge is -2.23. The molecule has 1 aromatic carbocycles. The van der Waals surface area contributed by atoms with E-state index in [4.69, 9.17) is 0 Å². The summed E-state index contributed by atoms with van der Waals surface area (Å²) in [6, 6.07) is 1.43. The van der Waals surface area contributed by atoms with Crippen LogP contribution in [0.1, 0.15) is 10.4 Å². The smallest absolute Gasteiger partial charge is 0.545 e. The molecular weight excluding hydrogens is 367 g/mol. The summed E-state index contributed by atoms with van der Waals surface area (Å²) in [5.41, 5.74) is -2.01. The first-order valence-corrected chi connectivity index (χ1v) is 9.14. The molecule has 0 aliphatic heterocycles. The molecule has 0 heterocycles. The van der Waals surface area contributed by atoms with Gasteiger partial charge in [-0.25, -0.2) is 16.8 Å². The van der Waals surface area contributed by atoms with E-state index >= 15 is 0 Å². The van der Waals surface area contributed by atoms with Gasteiger partial charge < -0.3 is 14.6 Å². The fraction of sp³-hybridized carbons (Fsp3) is 0.300. The molecule has 1 rings (SSSR count). The molecule has 0 bridgehead atoms. The van der Waals surface area contributed by atoms with E-state index in [9.17, 15) is 39.9 Å². The number of carboxylic acid groups (broad SMARTS) is 1. The topological polar surface area (TPSA) is 121 Å². The van der Waals surface area contributed by atoms with Crippen LogP contribution in [-0.4, -0.2) is 41.7 Å². The fourth-order valence-corrected chi connectivity index (χ4v) is 4.62. The Balaban J connectivity index is 3.69. The fourth-order valence-electron chi connectivity index (χ4n) is 1.64. The van der Waals surface area contributed by atoms with Gasteiger partial charge >= 0.3 is 6.36 Å². The van der Waals surface area contributed by atoms with Gasteiger partial charge in [-0.1, -0.05) is 0 Å². The Morgan fingerprint density at radius 2 is 1.61 bits per heavy atom. The zero-order valence-electron chi connectivity index (χ0n) is 11.5. The number of carboxylic acids is 1. The maximum absolute atomic E-state index is 12.2. The summed E-state index contributed by atoms with van der Waals surface area (Å²) in [6.45, 7) is 0. The van der Waals surface area contributed by atoms with Crippen LogP contribution in [0, 0.1) is 0 Å². The van der Waals surface area contributed by atoms with Gasteiger partial charge in [0.2, 0.25) is 20.0 Å².